The maximum absolute atomic E-state index is 12.7. The molecule has 0 amide bonds. The molecule has 2 aromatic heterocycles. The van der Waals surface area contributed by atoms with Gasteiger partial charge in [-0.05, 0) is 5.92 Å². The molecule has 0 spiro atoms. The first-order chi connectivity index (χ1) is 10.1. The van der Waals surface area contributed by atoms with Gasteiger partial charge in [0.1, 0.15) is 11.6 Å². The number of ether oxygens (including phenoxy) is 1. The Labute approximate surface area is 121 Å². The van der Waals surface area contributed by atoms with E-state index in [1.54, 1.807) is 0 Å². The molecule has 3 rings (SSSR count). The van der Waals surface area contributed by atoms with E-state index < -0.39 is 0 Å². The van der Waals surface area contributed by atoms with Crippen LogP contribution in [0.3, 0.4) is 0 Å². The second-order valence-electron chi connectivity index (χ2n) is 5.43. The van der Waals surface area contributed by atoms with Crippen LogP contribution in [0.15, 0.2) is 17.1 Å². The van der Waals surface area contributed by atoms with E-state index in [2.05, 4.69) is 11.2 Å². The smallest absolute Gasteiger partial charge is 0.278 e. The molecule has 3 heterocycles. The molecular formula is C15H16N4O2. The lowest BCUT2D eigenvalue weighted by molar-refractivity contribution is 0.215. The lowest BCUT2D eigenvalue weighted by atomic mass is 9.98. The summed E-state index contributed by atoms with van der Waals surface area (Å²) in [5.74, 6) is 0.0549. The third-order valence-electron chi connectivity index (χ3n) is 3.78. The first-order valence-electron chi connectivity index (χ1n) is 6.84. The van der Waals surface area contributed by atoms with Crippen LogP contribution in [0, 0.1) is 11.3 Å². The summed E-state index contributed by atoms with van der Waals surface area (Å²) in [6, 6.07) is 2.09. The molecule has 0 aliphatic carbocycles. The minimum Gasteiger partial charge on any atom is -0.373 e. The van der Waals surface area contributed by atoms with E-state index in [0.717, 1.165) is 11.3 Å². The Balaban J connectivity index is 2.49. The van der Waals surface area contributed by atoms with Crippen molar-refractivity contribution < 1.29 is 4.74 Å². The maximum atomic E-state index is 12.7. The SMILES string of the molecule is CC(C)c1c(C2=CCOC2)n(C)c2c(C#N)cnn2c1=O. The van der Waals surface area contributed by atoms with Crippen molar-refractivity contribution in [2.24, 2.45) is 7.05 Å². The molecule has 0 saturated carbocycles. The molecule has 1 aliphatic rings. The fraction of sp³-hybridized carbons (Fsp3) is 0.400. The van der Waals surface area contributed by atoms with Crippen LogP contribution in [0.25, 0.3) is 11.2 Å². The van der Waals surface area contributed by atoms with E-state index in [9.17, 15) is 10.1 Å². The summed E-state index contributed by atoms with van der Waals surface area (Å²) in [6.07, 6.45) is 3.42. The molecule has 0 bridgehead atoms. The van der Waals surface area contributed by atoms with Crippen molar-refractivity contribution in [3.8, 4) is 6.07 Å². The van der Waals surface area contributed by atoms with E-state index in [4.69, 9.17) is 4.74 Å². The molecular weight excluding hydrogens is 268 g/mol. The third kappa shape index (κ3) is 1.89. The van der Waals surface area contributed by atoms with Crippen molar-refractivity contribution in [1.29, 1.82) is 5.26 Å². The Hall–Kier alpha value is -2.39. The zero-order valence-corrected chi connectivity index (χ0v) is 12.3. The summed E-state index contributed by atoms with van der Waals surface area (Å²) >= 11 is 0. The van der Waals surface area contributed by atoms with Gasteiger partial charge in [0, 0.05) is 18.2 Å². The van der Waals surface area contributed by atoms with Crippen molar-refractivity contribution in [1.82, 2.24) is 14.2 Å². The highest BCUT2D eigenvalue weighted by Gasteiger charge is 2.24. The third-order valence-corrected chi connectivity index (χ3v) is 3.78. The average molecular weight is 284 g/mol. The molecule has 0 fully saturated rings. The van der Waals surface area contributed by atoms with Crippen LogP contribution in [0.2, 0.25) is 0 Å². The highest BCUT2D eigenvalue weighted by Crippen LogP contribution is 2.27. The average Bonchev–Trinajstić information content (AvgIpc) is 3.10. The van der Waals surface area contributed by atoms with Gasteiger partial charge in [-0.2, -0.15) is 14.9 Å². The van der Waals surface area contributed by atoms with Gasteiger partial charge < -0.3 is 9.30 Å². The predicted octanol–water partition coefficient (Wildman–Crippen LogP) is 1.44. The van der Waals surface area contributed by atoms with Gasteiger partial charge in [-0.25, -0.2) is 0 Å². The van der Waals surface area contributed by atoms with Crippen LogP contribution in [-0.2, 0) is 11.8 Å². The molecule has 2 aromatic rings. The molecule has 108 valence electrons. The molecule has 0 atom stereocenters. The predicted molar refractivity (Wildman–Crippen MR) is 78.0 cm³/mol. The Bertz CT molecular complexity index is 849. The van der Waals surface area contributed by atoms with Crippen LogP contribution >= 0.6 is 0 Å². The highest BCUT2D eigenvalue weighted by molar-refractivity contribution is 5.71. The van der Waals surface area contributed by atoms with Gasteiger partial charge in [0.25, 0.3) is 5.56 Å². The Morgan fingerprint density at radius 3 is 2.81 bits per heavy atom. The van der Waals surface area contributed by atoms with Crippen molar-refractivity contribution in [3.05, 3.63) is 39.4 Å². The number of fused-ring (bicyclic) bond motifs is 1. The van der Waals surface area contributed by atoms with Crippen LogP contribution in [-0.4, -0.2) is 27.4 Å². The second kappa shape index (κ2) is 4.86. The van der Waals surface area contributed by atoms with Crippen LogP contribution < -0.4 is 5.56 Å². The summed E-state index contributed by atoms with van der Waals surface area (Å²) in [5, 5.41) is 13.3. The van der Waals surface area contributed by atoms with Gasteiger partial charge in [-0.3, -0.25) is 4.79 Å². The fourth-order valence-electron chi connectivity index (χ4n) is 2.86. The van der Waals surface area contributed by atoms with Crippen molar-refractivity contribution in [2.45, 2.75) is 19.8 Å². The first kappa shape index (κ1) is 13.6. The molecule has 21 heavy (non-hydrogen) atoms. The minimum atomic E-state index is -0.164. The number of hydrogen-bond acceptors (Lipinski definition) is 4. The molecule has 0 aromatic carbocycles. The molecule has 0 radical (unpaired) electrons. The van der Waals surface area contributed by atoms with Crippen molar-refractivity contribution >= 4 is 11.2 Å². The lowest BCUT2D eigenvalue weighted by Gasteiger charge is -2.18. The molecule has 0 N–H and O–H groups in total. The highest BCUT2D eigenvalue weighted by atomic mass is 16.5. The number of nitriles is 1. The van der Waals surface area contributed by atoms with Gasteiger partial charge in [0.15, 0.2) is 5.65 Å². The van der Waals surface area contributed by atoms with Gasteiger partial charge in [-0.15, -0.1) is 0 Å². The quantitative estimate of drug-likeness (QED) is 0.836. The maximum Gasteiger partial charge on any atom is 0.278 e. The van der Waals surface area contributed by atoms with Crippen LogP contribution in [0.4, 0.5) is 0 Å². The van der Waals surface area contributed by atoms with E-state index in [-0.39, 0.29) is 11.5 Å². The zero-order valence-electron chi connectivity index (χ0n) is 12.3. The number of aryl methyl sites for hydroxylation is 1. The van der Waals surface area contributed by atoms with E-state index >= 15 is 0 Å². The summed E-state index contributed by atoms with van der Waals surface area (Å²) in [5.41, 5.74) is 3.29. The largest absolute Gasteiger partial charge is 0.373 e. The van der Waals surface area contributed by atoms with Gasteiger partial charge >= 0.3 is 0 Å². The number of rotatable bonds is 2. The summed E-state index contributed by atoms with van der Waals surface area (Å²) in [4.78, 5) is 12.7. The van der Waals surface area contributed by atoms with E-state index in [1.807, 2.05) is 31.5 Å². The van der Waals surface area contributed by atoms with Crippen molar-refractivity contribution in [3.63, 3.8) is 0 Å². The first-order valence-corrected chi connectivity index (χ1v) is 6.84. The van der Waals surface area contributed by atoms with E-state index in [0.29, 0.717) is 30.0 Å². The molecule has 0 saturated heterocycles. The van der Waals surface area contributed by atoms with Gasteiger partial charge in [0.05, 0.1) is 25.1 Å². The molecule has 6 heteroatoms. The standard InChI is InChI=1S/C15H16N4O2/c1-9(2)12-13(10-4-5-21-8-10)18(3)14-11(6-16)7-17-19(14)15(12)20/h4,7,9H,5,8H2,1-3H3. The minimum absolute atomic E-state index is 0.0549. The van der Waals surface area contributed by atoms with Gasteiger partial charge in [-0.1, -0.05) is 19.9 Å². The summed E-state index contributed by atoms with van der Waals surface area (Å²) < 4.78 is 8.59. The topological polar surface area (TPSA) is 72.3 Å². The molecule has 0 unspecified atom stereocenters. The summed E-state index contributed by atoms with van der Waals surface area (Å²) in [6.45, 7) is 5.00. The van der Waals surface area contributed by atoms with Crippen LogP contribution in [0.1, 0.15) is 36.6 Å². The fourth-order valence-corrected chi connectivity index (χ4v) is 2.86. The Kier molecular flexibility index (Phi) is 3.15. The normalized spacial score (nSPS) is 14.7. The molecule has 6 nitrogen and oxygen atoms in total. The number of hydrogen-bond donors (Lipinski definition) is 0. The Morgan fingerprint density at radius 2 is 2.24 bits per heavy atom. The monoisotopic (exact) mass is 284 g/mol. The lowest BCUT2D eigenvalue weighted by Crippen LogP contribution is -2.27. The number of aromatic nitrogens is 3. The van der Waals surface area contributed by atoms with Crippen molar-refractivity contribution in [2.75, 3.05) is 13.2 Å². The van der Waals surface area contributed by atoms with E-state index in [1.165, 1.54) is 10.7 Å². The van der Waals surface area contributed by atoms with Gasteiger partial charge in [0.2, 0.25) is 0 Å². The zero-order chi connectivity index (χ0) is 15.1. The molecule has 1 aliphatic heterocycles. The summed E-state index contributed by atoms with van der Waals surface area (Å²) in [7, 11) is 1.86. The van der Waals surface area contributed by atoms with Crippen LogP contribution in [0.5, 0.6) is 0 Å². The number of nitrogens with zero attached hydrogens (tertiary/aromatic N) is 4. The second-order valence-corrected chi connectivity index (χ2v) is 5.43. The Morgan fingerprint density at radius 1 is 1.48 bits per heavy atom.